The van der Waals surface area contributed by atoms with Crippen molar-refractivity contribution in [1.29, 1.82) is 5.26 Å². The fraction of sp³-hybridized carbons (Fsp3) is 0.250. The summed E-state index contributed by atoms with van der Waals surface area (Å²) >= 11 is 11.4. The first-order valence-electron chi connectivity index (χ1n) is 8.55. The minimum Gasteiger partial charge on any atom is -0.357 e. The maximum Gasteiger partial charge on any atom is 0.416 e. The van der Waals surface area contributed by atoms with Crippen LogP contribution in [-0.2, 0) is 12.7 Å². The lowest BCUT2D eigenvalue weighted by Gasteiger charge is -2.25. The number of benzene rings is 2. The van der Waals surface area contributed by atoms with Gasteiger partial charge in [0.2, 0.25) is 0 Å². The maximum absolute atomic E-state index is 12.7. The molecule has 1 N–H and O–H groups in total. The number of fused-ring (bicyclic) bond motifs is 1. The van der Waals surface area contributed by atoms with E-state index in [0.29, 0.717) is 10.6 Å². The molecule has 1 atom stereocenters. The Balaban J connectivity index is 1.80. The Hall–Kier alpha value is -2.63. The molecule has 4 nitrogen and oxygen atoms in total. The van der Waals surface area contributed by atoms with Crippen LogP contribution in [0.4, 0.5) is 13.2 Å². The van der Waals surface area contributed by atoms with Crippen molar-refractivity contribution >= 4 is 39.7 Å². The van der Waals surface area contributed by atoms with Gasteiger partial charge in [0, 0.05) is 22.2 Å². The molecule has 0 saturated heterocycles. The highest BCUT2D eigenvalue weighted by molar-refractivity contribution is 7.80. The number of alkyl halides is 3. The number of nitriles is 1. The van der Waals surface area contributed by atoms with Crippen LogP contribution in [0.3, 0.4) is 0 Å². The van der Waals surface area contributed by atoms with Gasteiger partial charge in [0.15, 0.2) is 0 Å². The van der Waals surface area contributed by atoms with Crippen LogP contribution >= 0.6 is 23.8 Å². The summed E-state index contributed by atoms with van der Waals surface area (Å²) in [4.78, 5) is 0.179. The van der Waals surface area contributed by atoms with Crippen molar-refractivity contribution < 1.29 is 13.2 Å². The van der Waals surface area contributed by atoms with Gasteiger partial charge in [0.25, 0.3) is 0 Å². The van der Waals surface area contributed by atoms with Gasteiger partial charge in [0.1, 0.15) is 10.5 Å². The van der Waals surface area contributed by atoms with Crippen molar-refractivity contribution in [3.8, 4) is 6.07 Å². The van der Waals surface area contributed by atoms with Gasteiger partial charge in [0.05, 0.1) is 23.7 Å². The topological polar surface area (TPSA) is 53.6 Å². The van der Waals surface area contributed by atoms with Gasteiger partial charge < -0.3 is 5.32 Å². The zero-order valence-electron chi connectivity index (χ0n) is 15.5. The SMILES string of the molecule is Cc1cc(Cl)cc2cn(CC(C)(C#N)NC(=S)c3ccc(C(F)(F)F)cc3)nc12. The summed E-state index contributed by atoms with van der Waals surface area (Å²) in [5.41, 5.74) is 0.199. The van der Waals surface area contributed by atoms with Crippen LogP contribution in [0.5, 0.6) is 0 Å². The molecule has 2 aromatic carbocycles. The second-order valence-electron chi connectivity index (χ2n) is 6.96. The number of nitrogens with zero attached hydrogens (tertiary/aromatic N) is 3. The van der Waals surface area contributed by atoms with E-state index in [2.05, 4.69) is 16.5 Å². The van der Waals surface area contributed by atoms with Crippen molar-refractivity contribution in [2.75, 3.05) is 0 Å². The average Bonchev–Trinajstić information content (AvgIpc) is 3.03. The fourth-order valence-electron chi connectivity index (χ4n) is 2.96. The highest BCUT2D eigenvalue weighted by Gasteiger charge is 2.31. The van der Waals surface area contributed by atoms with E-state index in [4.69, 9.17) is 23.8 Å². The molecule has 0 saturated carbocycles. The molecule has 29 heavy (non-hydrogen) atoms. The summed E-state index contributed by atoms with van der Waals surface area (Å²) < 4.78 is 39.8. The van der Waals surface area contributed by atoms with Crippen LogP contribution in [0.2, 0.25) is 5.02 Å². The van der Waals surface area contributed by atoms with Crippen LogP contribution in [0.15, 0.2) is 42.6 Å². The van der Waals surface area contributed by atoms with Crippen molar-refractivity contribution in [2.45, 2.75) is 32.1 Å². The van der Waals surface area contributed by atoms with Gasteiger partial charge in [-0.25, -0.2) is 0 Å². The van der Waals surface area contributed by atoms with Crippen LogP contribution in [0.25, 0.3) is 10.9 Å². The number of rotatable bonds is 4. The first-order chi connectivity index (χ1) is 13.5. The van der Waals surface area contributed by atoms with Crippen molar-refractivity contribution in [3.05, 3.63) is 64.3 Å². The summed E-state index contributed by atoms with van der Waals surface area (Å²) in [6.07, 6.45) is -2.63. The normalized spacial score (nSPS) is 13.7. The Morgan fingerprint density at radius 1 is 1.28 bits per heavy atom. The molecule has 9 heteroatoms. The number of hydrogen-bond acceptors (Lipinski definition) is 3. The molecule has 0 amide bonds. The predicted octanol–water partition coefficient (Wildman–Crippen LogP) is 5.26. The minimum absolute atomic E-state index is 0.177. The highest BCUT2D eigenvalue weighted by Crippen LogP contribution is 2.29. The van der Waals surface area contributed by atoms with E-state index in [0.717, 1.165) is 28.6 Å². The van der Waals surface area contributed by atoms with Crippen LogP contribution in [0.1, 0.15) is 23.6 Å². The lowest BCUT2D eigenvalue weighted by molar-refractivity contribution is -0.137. The molecule has 0 aliphatic heterocycles. The maximum atomic E-state index is 12.7. The zero-order chi connectivity index (χ0) is 21.4. The van der Waals surface area contributed by atoms with E-state index < -0.39 is 17.3 Å². The van der Waals surface area contributed by atoms with Gasteiger partial charge >= 0.3 is 6.18 Å². The predicted molar refractivity (Wildman–Crippen MR) is 110 cm³/mol. The lowest BCUT2D eigenvalue weighted by atomic mass is 10.0. The molecule has 0 bridgehead atoms. The molecule has 3 aromatic rings. The quantitative estimate of drug-likeness (QED) is 0.566. The Morgan fingerprint density at radius 2 is 1.93 bits per heavy atom. The van der Waals surface area contributed by atoms with E-state index >= 15 is 0 Å². The van der Waals surface area contributed by atoms with E-state index in [1.807, 2.05) is 13.0 Å². The first-order valence-corrected chi connectivity index (χ1v) is 9.34. The smallest absolute Gasteiger partial charge is 0.357 e. The Morgan fingerprint density at radius 3 is 2.52 bits per heavy atom. The van der Waals surface area contributed by atoms with Crippen molar-refractivity contribution in [1.82, 2.24) is 15.1 Å². The molecule has 0 spiro atoms. The third-order valence-electron chi connectivity index (χ3n) is 4.40. The zero-order valence-corrected chi connectivity index (χ0v) is 17.1. The number of halogens is 4. The number of aryl methyl sites for hydroxylation is 1. The second-order valence-corrected chi connectivity index (χ2v) is 7.81. The molecule has 0 radical (unpaired) electrons. The molecular formula is C20H16ClF3N4S. The van der Waals surface area contributed by atoms with Gasteiger partial charge in [-0.1, -0.05) is 36.0 Å². The number of nitrogens with one attached hydrogen (secondary N) is 1. The largest absolute Gasteiger partial charge is 0.416 e. The second kappa shape index (κ2) is 7.65. The van der Waals surface area contributed by atoms with E-state index in [-0.39, 0.29) is 11.5 Å². The van der Waals surface area contributed by atoms with Crippen LogP contribution in [0, 0.1) is 18.3 Å². The van der Waals surface area contributed by atoms with E-state index in [1.54, 1.807) is 23.9 Å². The van der Waals surface area contributed by atoms with E-state index in [9.17, 15) is 18.4 Å². The van der Waals surface area contributed by atoms with Gasteiger partial charge in [-0.05, 0) is 43.7 Å². The average molecular weight is 437 g/mol. The molecule has 0 fully saturated rings. The van der Waals surface area contributed by atoms with Gasteiger partial charge in [-0.3, -0.25) is 4.68 Å². The van der Waals surface area contributed by atoms with Gasteiger partial charge in [-0.2, -0.15) is 23.5 Å². The molecule has 0 aliphatic rings. The van der Waals surface area contributed by atoms with Crippen LogP contribution in [-0.4, -0.2) is 20.3 Å². The van der Waals surface area contributed by atoms with Crippen LogP contribution < -0.4 is 5.32 Å². The molecule has 1 unspecified atom stereocenters. The summed E-state index contributed by atoms with van der Waals surface area (Å²) in [6.45, 7) is 3.72. The standard InChI is InChI=1S/C20H16ClF3N4S/c1-12-7-16(21)8-14-9-28(27-17(12)14)11-19(2,10-25)26-18(29)13-3-5-15(6-4-13)20(22,23)24/h3-9H,11H2,1-2H3,(H,26,29). The molecule has 1 aromatic heterocycles. The highest BCUT2D eigenvalue weighted by atomic mass is 35.5. The monoisotopic (exact) mass is 436 g/mol. The summed E-state index contributed by atoms with van der Waals surface area (Å²) in [7, 11) is 0. The molecular weight excluding hydrogens is 421 g/mol. The third kappa shape index (κ3) is 4.69. The molecule has 1 heterocycles. The molecule has 3 rings (SSSR count). The summed E-state index contributed by atoms with van der Waals surface area (Å²) in [5.74, 6) is 0. The molecule has 150 valence electrons. The summed E-state index contributed by atoms with van der Waals surface area (Å²) in [6, 6.07) is 10.2. The first kappa shape index (κ1) is 21.1. The van der Waals surface area contributed by atoms with Crippen molar-refractivity contribution in [2.24, 2.45) is 0 Å². The minimum atomic E-state index is -4.42. The number of aromatic nitrogens is 2. The Labute approximate surface area is 175 Å². The Kier molecular flexibility index (Phi) is 5.57. The van der Waals surface area contributed by atoms with E-state index in [1.165, 1.54) is 12.1 Å². The number of thiocarbonyl (C=S) groups is 1. The van der Waals surface area contributed by atoms with Crippen molar-refractivity contribution in [3.63, 3.8) is 0 Å². The lowest BCUT2D eigenvalue weighted by Crippen LogP contribution is -2.47. The fourth-order valence-corrected chi connectivity index (χ4v) is 3.60. The third-order valence-corrected chi connectivity index (χ3v) is 4.96. The summed E-state index contributed by atoms with van der Waals surface area (Å²) in [5, 5.41) is 18.6. The molecule has 0 aliphatic carbocycles. The Bertz CT molecular complexity index is 1120. The van der Waals surface area contributed by atoms with Gasteiger partial charge in [-0.15, -0.1) is 0 Å². The number of hydrogen-bond donors (Lipinski definition) is 1.